The second-order valence-corrected chi connectivity index (χ2v) is 6.55. The molecule has 0 saturated heterocycles. The topological polar surface area (TPSA) is 45.4 Å². The molecule has 1 aliphatic carbocycles. The Labute approximate surface area is 120 Å². The van der Waals surface area contributed by atoms with Crippen molar-refractivity contribution < 1.29 is 9.52 Å². The summed E-state index contributed by atoms with van der Waals surface area (Å²) in [5.41, 5.74) is -0.0270. The van der Waals surface area contributed by atoms with E-state index in [-0.39, 0.29) is 12.1 Å². The average Bonchev–Trinajstić information content (AvgIpc) is 2.99. The van der Waals surface area contributed by atoms with Gasteiger partial charge in [-0.1, -0.05) is 13.3 Å². The number of hydrogen-bond acceptors (Lipinski definition) is 4. The fraction of sp³-hybridized carbons (Fsp3) is 0.733. The third-order valence-electron chi connectivity index (χ3n) is 4.30. The molecule has 108 valence electrons. The molecule has 2 atom stereocenters. The monoisotopic (exact) mass is 283 g/mol. The number of likely N-dealkylation sites (N-methyl/N-ethyl adjacent to an activating group) is 1. The van der Waals surface area contributed by atoms with Crippen LogP contribution in [0.4, 0.5) is 0 Å². The molecule has 4 heteroatoms. The number of thioether (sulfide) groups is 1. The Morgan fingerprint density at radius 3 is 3.05 bits per heavy atom. The lowest BCUT2D eigenvalue weighted by Crippen LogP contribution is -2.51. The van der Waals surface area contributed by atoms with Crippen LogP contribution < -0.4 is 5.32 Å². The van der Waals surface area contributed by atoms with Gasteiger partial charge in [0.25, 0.3) is 0 Å². The smallest absolute Gasteiger partial charge is 0.114 e. The van der Waals surface area contributed by atoms with E-state index >= 15 is 0 Å². The molecule has 1 heterocycles. The first-order valence-corrected chi connectivity index (χ1v) is 8.23. The molecule has 2 N–H and O–H groups in total. The first-order chi connectivity index (χ1) is 9.22. The lowest BCUT2D eigenvalue weighted by molar-refractivity contribution is 0.124. The molecule has 0 bridgehead atoms. The molecule has 2 rings (SSSR count). The van der Waals surface area contributed by atoms with Crippen LogP contribution in [0.2, 0.25) is 0 Å². The zero-order chi connectivity index (χ0) is 13.7. The van der Waals surface area contributed by atoms with E-state index in [0.717, 1.165) is 30.9 Å². The van der Waals surface area contributed by atoms with Crippen LogP contribution in [0.3, 0.4) is 0 Å². The number of hydrogen-bond donors (Lipinski definition) is 2. The van der Waals surface area contributed by atoms with Crippen molar-refractivity contribution in [1.82, 2.24) is 5.32 Å². The highest BCUT2D eigenvalue weighted by atomic mass is 32.2. The van der Waals surface area contributed by atoms with Crippen molar-refractivity contribution in [1.29, 1.82) is 0 Å². The van der Waals surface area contributed by atoms with E-state index < -0.39 is 0 Å². The maximum atomic E-state index is 9.76. The van der Waals surface area contributed by atoms with Crippen molar-refractivity contribution in [2.75, 3.05) is 18.9 Å². The average molecular weight is 283 g/mol. The summed E-state index contributed by atoms with van der Waals surface area (Å²) in [5, 5.41) is 13.3. The minimum atomic E-state index is -0.0270. The van der Waals surface area contributed by atoms with Gasteiger partial charge in [-0.25, -0.2) is 0 Å². The molecule has 0 radical (unpaired) electrons. The minimum Gasteiger partial charge on any atom is -0.468 e. The van der Waals surface area contributed by atoms with E-state index in [0.29, 0.717) is 5.92 Å². The van der Waals surface area contributed by atoms with E-state index in [4.69, 9.17) is 4.42 Å². The van der Waals surface area contributed by atoms with Gasteiger partial charge in [-0.2, -0.15) is 0 Å². The van der Waals surface area contributed by atoms with Gasteiger partial charge < -0.3 is 14.8 Å². The molecule has 1 aromatic heterocycles. The van der Waals surface area contributed by atoms with Gasteiger partial charge in [0.1, 0.15) is 5.76 Å². The molecule has 2 unspecified atom stereocenters. The highest BCUT2D eigenvalue weighted by Crippen LogP contribution is 2.39. The van der Waals surface area contributed by atoms with Gasteiger partial charge in [0.2, 0.25) is 0 Å². The Balaban J connectivity index is 1.86. The number of nitrogens with one attached hydrogen (secondary N) is 1. The molecule has 0 aromatic carbocycles. The highest BCUT2D eigenvalue weighted by molar-refractivity contribution is 7.99. The largest absolute Gasteiger partial charge is 0.468 e. The summed E-state index contributed by atoms with van der Waals surface area (Å²) < 4.78 is 5.31. The van der Waals surface area contributed by atoms with E-state index in [1.807, 2.05) is 24.8 Å². The summed E-state index contributed by atoms with van der Waals surface area (Å²) in [7, 11) is 0. The number of aliphatic hydroxyl groups is 1. The second kappa shape index (κ2) is 6.82. The molecular weight excluding hydrogens is 258 g/mol. The minimum absolute atomic E-state index is 0.0270. The van der Waals surface area contributed by atoms with E-state index in [9.17, 15) is 5.11 Å². The zero-order valence-electron chi connectivity index (χ0n) is 11.9. The second-order valence-electron chi connectivity index (χ2n) is 5.41. The van der Waals surface area contributed by atoms with Gasteiger partial charge in [0, 0.05) is 10.4 Å². The van der Waals surface area contributed by atoms with Crippen molar-refractivity contribution in [2.45, 2.75) is 50.0 Å². The lowest BCUT2D eigenvalue weighted by atomic mass is 9.86. The Morgan fingerprint density at radius 1 is 1.58 bits per heavy atom. The van der Waals surface area contributed by atoms with E-state index in [2.05, 4.69) is 12.2 Å². The van der Waals surface area contributed by atoms with Crippen LogP contribution in [-0.4, -0.2) is 29.5 Å². The number of rotatable bonds is 7. The SMILES string of the molecule is CCNC1(CO)CCCC1CCSc1ccoc1C. The fourth-order valence-electron chi connectivity index (χ4n) is 3.25. The summed E-state index contributed by atoms with van der Waals surface area (Å²) >= 11 is 1.87. The number of furan rings is 1. The lowest BCUT2D eigenvalue weighted by Gasteiger charge is -2.35. The third-order valence-corrected chi connectivity index (χ3v) is 5.48. The van der Waals surface area contributed by atoms with Crippen LogP contribution in [0, 0.1) is 12.8 Å². The quantitative estimate of drug-likeness (QED) is 0.754. The normalized spacial score (nSPS) is 27.0. The summed E-state index contributed by atoms with van der Waals surface area (Å²) in [6.45, 7) is 5.33. The van der Waals surface area contributed by atoms with Crippen LogP contribution in [0.1, 0.15) is 38.4 Å². The number of aryl methyl sites for hydroxylation is 1. The first-order valence-electron chi connectivity index (χ1n) is 7.24. The molecule has 1 aliphatic rings. The highest BCUT2D eigenvalue weighted by Gasteiger charge is 2.41. The Morgan fingerprint density at radius 2 is 2.42 bits per heavy atom. The van der Waals surface area contributed by atoms with Crippen LogP contribution in [0.5, 0.6) is 0 Å². The van der Waals surface area contributed by atoms with Gasteiger partial charge >= 0.3 is 0 Å². The number of aliphatic hydroxyl groups excluding tert-OH is 1. The predicted molar refractivity (Wildman–Crippen MR) is 79.6 cm³/mol. The standard InChI is InChI=1S/C15H25NO2S/c1-3-16-15(11-17)8-4-5-13(15)7-10-19-14-6-9-18-12(14)2/h6,9,13,16-17H,3-5,7-8,10-11H2,1-2H3. The van der Waals surface area contributed by atoms with Gasteiger partial charge in [-0.05, 0) is 50.5 Å². The van der Waals surface area contributed by atoms with Crippen LogP contribution in [0.25, 0.3) is 0 Å². The molecule has 3 nitrogen and oxygen atoms in total. The zero-order valence-corrected chi connectivity index (χ0v) is 12.8. The Bertz CT molecular complexity index is 393. The van der Waals surface area contributed by atoms with Crippen molar-refractivity contribution in [3.05, 3.63) is 18.1 Å². The van der Waals surface area contributed by atoms with Crippen LogP contribution >= 0.6 is 11.8 Å². The fourth-order valence-corrected chi connectivity index (χ4v) is 4.27. The van der Waals surface area contributed by atoms with Gasteiger partial charge in [-0.3, -0.25) is 0 Å². The predicted octanol–water partition coefficient (Wildman–Crippen LogP) is 3.21. The van der Waals surface area contributed by atoms with Gasteiger partial charge in [-0.15, -0.1) is 11.8 Å². The molecular formula is C15H25NO2S. The summed E-state index contributed by atoms with van der Waals surface area (Å²) in [6, 6.07) is 2.04. The third kappa shape index (κ3) is 3.36. The molecule has 0 spiro atoms. The molecule has 1 aromatic rings. The molecule has 0 aliphatic heterocycles. The maximum absolute atomic E-state index is 9.76. The van der Waals surface area contributed by atoms with E-state index in [1.54, 1.807) is 6.26 Å². The first kappa shape index (κ1) is 14.9. The van der Waals surface area contributed by atoms with Crippen molar-refractivity contribution in [2.24, 2.45) is 5.92 Å². The molecule has 1 saturated carbocycles. The van der Waals surface area contributed by atoms with Crippen molar-refractivity contribution >= 4 is 11.8 Å². The van der Waals surface area contributed by atoms with Crippen molar-refractivity contribution in [3.8, 4) is 0 Å². The summed E-state index contributed by atoms with van der Waals surface area (Å²) in [6.07, 6.45) is 6.48. The Kier molecular flexibility index (Phi) is 5.37. The molecule has 1 fully saturated rings. The molecule has 0 amide bonds. The molecule has 19 heavy (non-hydrogen) atoms. The summed E-state index contributed by atoms with van der Waals surface area (Å²) in [5.74, 6) is 2.70. The van der Waals surface area contributed by atoms with Gasteiger partial charge in [0.15, 0.2) is 0 Å². The van der Waals surface area contributed by atoms with Crippen LogP contribution in [-0.2, 0) is 0 Å². The van der Waals surface area contributed by atoms with Gasteiger partial charge in [0.05, 0.1) is 12.9 Å². The maximum Gasteiger partial charge on any atom is 0.114 e. The van der Waals surface area contributed by atoms with Crippen molar-refractivity contribution in [3.63, 3.8) is 0 Å². The summed E-state index contributed by atoms with van der Waals surface area (Å²) in [4.78, 5) is 1.25. The Hall–Kier alpha value is -0.450. The van der Waals surface area contributed by atoms with E-state index in [1.165, 1.54) is 17.7 Å². The van der Waals surface area contributed by atoms with Crippen LogP contribution in [0.15, 0.2) is 21.6 Å².